The van der Waals surface area contributed by atoms with E-state index in [0.717, 1.165) is 11.1 Å². The van der Waals surface area contributed by atoms with Crippen LogP contribution in [0.25, 0.3) is 0 Å². The van der Waals surface area contributed by atoms with E-state index in [0.29, 0.717) is 19.6 Å². The van der Waals surface area contributed by atoms with Crippen LogP contribution in [0.3, 0.4) is 0 Å². The van der Waals surface area contributed by atoms with Crippen LogP contribution in [0.15, 0.2) is 29.4 Å². The lowest BCUT2D eigenvalue weighted by Crippen LogP contribution is -2.54. The molecule has 8 nitrogen and oxygen atoms in total. The Bertz CT molecular complexity index is 747. The number of ether oxygens (including phenoxy) is 2. The van der Waals surface area contributed by atoms with E-state index in [1.165, 1.54) is 6.21 Å². The van der Waals surface area contributed by atoms with Gasteiger partial charge in [0.2, 0.25) is 0 Å². The Kier molecular flexibility index (Phi) is 6.77. The molecule has 160 valence electrons. The van der Waals surface area contributed by atoms with E-state index in [2.05, 4.69) is 5.16 Å². The van der Waals surface area contributed by atoms with E-state index in [4.69, 9.17) is 14.7 Å². The van der Waals surface area contributed by atoms with Crippen LogP contribution in [0, 0.1) is 0 Å². The molecule has 1 saturated heterocycles. The second-order valence-corrected chi connectivity index (χ2v) is 9.03. The molecule has 1 fully saturated rings. The molecule has 1 aromatic carbocycles. The number of hydrogen-bond donors (Lipinski definition) is 1. The third-order valence-corrected chi connectivity index (χ3v) is 4.19. The van der Waals surface area contributed by atoms with Crippen molar-refractivity contribution in [2.45, 2.75) is 58.8 Å². The minimum atomic E-state index is -0.620. The monoisotopic (exact) mass is 405 g/mol. The summed E-state index contributed by atoms with van der Waals surface area (Å²) < 4.78 is 11.1. The van der Waals surface area contributed by atoms with Crippen molar-refractivity contribution < 1.29 is 24.3 Å². The molecule has 0 aliphatic carbocycles. The maximum Gasteiger partial charge on any atom is 0.410 e. The highest BCUT2D eigenvalue weighted by atomic mass is 16.6. The molecule has 1 aliphatic heterocycles. The fourth-order valence-electron chi connectivity index (χ4n) is 2.97. The van der Waals surface area contributed by atoms with E-state index < -0.39 is 23.4 Å². The maximum atomic E-state index is 12.8. The maximum absolute atomic E-state index is 12.8. The van der Waals surface area contributed by atoms with E-state index in [-0.39, 0.29) is 6.04 Å². The average molecular weight is 405 g/mol. The summed E-state index contributed by atoms with van der Waals surface area (Å²) in [6.07, 6.45) is 0.492. The molecular weight excluding hydrogens is 374 g/mol. The summed E-state index contributed by atoms with van der Waals surface area (Å²) in [5.41, 5.74) is 0.352. The number of benzene rings is 1. The number of nitrogens with zero attached hydrogens (tertiary/aromatic N) is 3. The quantitative estimate of drug-likeness (QED) is 0.456. The number of hydrogen-bond acceptors (Lipinski definition) is 6. The lowest BCUT2D eigenvalue weighted by atomic mass is 10.0. The van der Waals surface area contributed by atoms with Gasteiger partial charge in [0.1, 0.15) is 11.2 Å². The zero-order chi connectivity index (χ0) is 21.8. The van der Waals surface area contributed by atoms with Crippen molar-refractivity contribution in [3.8, 4) is 0 Å². The second-order valence-electron chi connectivity index (χ2n) is 9.03. The second kappa shape index (κ2) is 8.71. The largest absolute Gasteiger partial charge is 0.444 e. The smallest absolute Gasteiger partial charge is 0.410 e. The number of oxime groups is 1. The first kappa shape index (κ1) is 22.5. The van der Waals surface area contributed by atoms with E-state index in [1.54, 1.807) is 21.9 Å². The average Bonchev–Trinajstić information content (AvgIpc) is 2.59. The van der Waals surface area contributed by atoms with Crippen molar-refractivity contribution in [2.75, 3.05) is 19.6 Å². The van der Waals surface area contributed by atoms with Gasteiger partial charge in [0.25, 0.3) is 0 Å². The number of amides is 2. The molecule has 1 heterocycles. The first-order valence-corrected chi connectivity index (χ1v) is 9.64. The van der Waals surface area contributed by atoms with E-state index >= 15 is 0 Å². The van der Waals surface area contributed by atoms with Gasteiger partial charge in [-0.15, -0.1) is 0 Å². The van der Waals surface area contributed by atoms with Crippen LogP contribution in [0.1, 0.15) is 58.7 Å². The van der Waals surface area contributed by atoms with Crippen molar-refractivity contribution >= 4 is 18.4 Å². The Morgan fingerprint density at radius 2 is 1.55 bits per heavy atom. The molecule has 1 aliphatic rings. The van der Waals surface area contributed by atoms with Crippen LogP contribution < -0.4 is 0 Å². The molecule has 0 saturated carbocycles. The molecule has 8 heteroatoms. The Balaban J connectivity index is 2.27. The van der Waals surface area contributed by atoms with Crippen LogP contribution >= 0.6 is 0 Å². The Morgan fingerprint density at radius 3 is 2.07 bits per heavy atom. The van der Waals surface area contributed by atoms with E-state index in [9.17, 15) is 9.59 Å². The SMILES string of the molecule is CC(C)(C)OC(=O)N1CCN(C(=O)OC(C)(C)C)C(c2ccc(C=NO)cc2)C1. The number of carbonyl (C=O) groups is 2. The van der Waals surface area contributed by atoms with Crippen LogP contribution in [0.4, 0.5) is 9.59 Å². The van der Waals surface area contributed by atoms with Gasteiger partial charge in [-0.1, -0.05) is 29.4 Å². The molecule has 29 heavy (non-hydrogen) atoms. The van der Waals surface area contributed by atoms with Gasteiger partial charge in [-0.25, -0.2) is 9.59 Å². The predicted octanol–water partition coefficient (Wildman–Crippen LogP) is 4.02. The molecular formula is C21H31N3O5. The summed E-state index contributed by atoms with van der Waals surface area (Å²) in [6, 6.07) is 6.88. The van der Waals surface area contributed by atoms with Gasteiger partial charge in [-0.05, 0) is 52.7 Å². The first-order valence-electron chi connectivity index (χ1n) is 9.64. The van der Waals surface area contributed by atoms with Crippen molar-refractivity contribution in [1.29, 1.82) is 0 Å². The highest BCUT2D eigenvalue weighted by molar-refractivity contribution is 5.79. The first-order chi connectivity index (χ1) is 13.4. The molecule has 1 atom stereocenters. The zero-order valence-electron chi connectivity index (χ0n) is 18.0. The summed E-state index contributed by atoms with van der Waals surface area (Å²) in [7, 11) is 0. The molecule has 0 bridgehead atoms. The Morgan fingerprint density at radius 1 is 1.00 bits per heavy atom. The lowest BCUT2D eigenvalue weighted by Gasteiger charge is -2.42. The standard InChI is InChI=1S/C21H31N3O5/c1-20(2,3)28-18(25)23-11-12-24(19(26)29-21(4,5)6)17(14-23)16-9-7-15(8-10-16)13-22-27/h7-10,13,17,27H,11-12,14H2,1-6H3. The van der Waals surface area contributed by atoms with Gasteiger partial charge in [0.05, 0.1) is 12.3 Å². The van der Waals surface area contributed by atoms with Crippen LogP contribution in [-0.4, -0.2) is 64.2 Å². The van der Waals surface area contributed by atoms with Crippen LogP contribution in [0.2, 0.25) is 0 Å². The van der Waals surface area contributed by atoms with Crippen LogP contribution in [0.5, 0.6) is 0 Å². The molecule has 0 spiro atoms. The van der Waals surface area contributed by atoms with Crippen molar-refractivity contribution in [2.24, 2.45) is 5.16 Å². The molecule has 1 N–H and O–H groups in total. The third-order valence-electron chi connectivity index (χ3n) is 4.19. The van der Waals surface area contributed by atoms with Crippen molar-refractivity contribution in [3.05, 3.63) is 35.4 Å². The molecule has 2 amide bonds. The fourth-order valence-corrected chi connectivity index (χ4v) is 2.97. The number of rotatable bonds is 2. The fraction of sp³-hybridized carbons (Fsp3) is 0.571. The molecule has 2 rings (SSSR count). The highest BCUT2D eigenvalue weighted by Gasteiger charge is 2.37. The van der Waals surface area contributed by atoms with Crippen LogP contribution in [-0.2, 0) is 9.47 Å². The summed E-state index contributed by atoms with van der Waals surface area (Å²) >= 11 is 0. The van der Waals surface area contributed by atoms with E-state index in [1.807, 2.05) is 53.7 Å². The summed E-state index contributed by atoms with van der Waals surface area (Å²) in [5.74, 6) is 0. The van der Waals surface area contributed by atoms with Gasteiger partial charge >= 0.3 is 12.2 Å². The van der Waals surface area contributed by atoms with Gasteiger partial charge in [-0.2, -0.15) is 0 Å². The third kappa shape index (κ3) is 6.66. The lowest BCUT2D eigenvalue weighted by molar-refractivity contribution is -0.0152. The molecule has 0 radical (unpaired) electrons. The minimum absolute atomic E-state index is 0.293. The number of piperazine rings is 1. The van der Waals surface area contributed by atoms with Gasteiger partial charge in [0.15, 0.2) is 0 Å². The van der Waals surface area contributed by atoms with Crippen molar-refractivity contribution in [1.82, 2.24) is 9.80 Å². The topological polar surface area (TPSA) is 91.7 Å². The normalized spacial score (nSPS) is 18.1. The Hall–Kier alpha value is -2.77. The molecule has 1 aromatic rings. The van der Waals surface area contributed by atoms with Gasteiger partial charge in [0, 0.05) is 19.6 Å². The summed E-state index contributed by atoms with van der Waals surface area (Å²) in [5, 5.41) is 11.7. The number of carbonyl (C=O) groups excluding carboxylic acids is 2. The van der Waals surface area contributed by atoms with Crippen molar-refractivity contribution in [3.63, 3.8) is 0 Å². The highest BCUT2D eigenvalue weighted by Crippen LogP contribution is 2.28. The summed E-state index contributed by atoms with van der Waals surface area (Å²) in [6.45, 7) is 11.9. The Labute approximate surface area is 172 Å². The minimum Gasteiger partial charge on any atom is -0.444 e. The van der Waals surface area contributed by atoms with Gasteiger partial charge in [-0.3, -0.25) is 4.90 Å². The summed E-state index contributed by atoms with van der Waals surface area (Å²) in [4.78, 5) is 28.6. The predicted molar refractivity (Wildman–Crippen MR) is 109 cm³/mol. The molecule has 1 unspecified atom stereocenters. The molecule has 0 aromatic heterocycles. The zero-order valence-corrected chi connectivity index (χ0v) is 18.0. The van der Waals surface area contributed by atoms with Gasteiger partial charge < -0.3 is 19.6 Å².